The van der Waals surface area contributed by atoms with E-state index in [1.54, 1.807) is 12.1 Å². The minimum absolute atomic E-state index is 0.152. The molecule has 82 valence electrons. The second kappa shape index (κ2) is 4.36. The predicted molar refractivity (Wildman–Crippen MR) is 68.3 cm³/mol. The lowest BCUT2D eigenvalue weighted by Gasteiger charge is -2.05. The van der Waals surface area contributed by atoms with Gasteiger partial charge in [-0.25, -0.2) is 0 Å². The number of halogens is 2. The minimum atomic E-state index is 0.152. The van der Waals surface area contributed by atoms with Crippen LogP contribution in [-0.2, 0) is 0 Å². The Morgan fingerprint density at radius 1 is 0.938 bits per heavy atom. The second-order valence-corrected chi connectivity index (χ2v) is 4.51. The van der Waals surface area contributed by atoms with Gasteiger partial charge in [0, 0.05) is 10.0 Å². The zero-order valence-corrected chi connectivity index (χ0v) is 10.2. The zero-order chi connectivity index (χ0) is 11.7. The number of rotatable bonds is 1. The topological polar surface area (TPSA) is 20.2 Å². The molecule has 0 amide bonds. The van der Waals surface area contributed by atoms with Gasteiger partial charge in [0.1, 0.15) is 5.75 Å². The third-order valence-electron chi connectivity index (χ3n) is 2.39. The standard InChI is InChI=1S/C13H10Cl2O/c1-8-2-3-9(6-13(8)15)10-4-11(14)7-12(16)5-10/h2-7,16H,1H3. The van der Waals surface area contributed by atoms with E-state index in [1.807, 2.05) is 25.1 Å². The molecule has 0 heterocycles. The van der Waals surface area contributed by atoms with Crippen LogP contribution in [-0.4, -0.2) is 5.11 Å². The van der Waals surface area contributed by atoms with Gasteiger partial charge >= 0.3 is 0 Å². The summed E-state index contributed by atoms with van der Waals surface area (Å²) in [6, 6.07) is 10.7. The van der Waals surface area contributed by atoms with Crippen LogP contribution in [0.25, 0.3) is 11.1 Å². The molecule has 0 unspecified atom stereocenters. The molecule has 0 aromatic heterocycles. The third kappa shape index (κ3) is 2.31. The van der Waals surface area contributed by atoms with Crippen LogP contribution in [0.5, 0.6) is 5.75 Å². The molecule has 0 spiro atoms. The quantitative estimate of drug-likeness (QED) is 0.782. The number of phenols is 1. The smallest absolute Gasteiger partial charge is 0.117 e. The zero-order valence-electron chi connectivity index (χ0n) is 8.67. The van der Waals surface area contributed by atoms with Crippen LogP contribution >= 0.6 is 23.2 Å². The SMILES string of the molecule is Cc1ccc(-c2cc(O)cc(Cl)c2)cc1Cl. The molecule has 0 aliphatic carbocycles. The summed E-state index contributed by atoms with van der Waals surface area (Å²) in [6.07, 6.45) is 0. The predicted octanol–water partition coefficient (Wildman–Crippen LogP) is 4.67. The van der Waals surface area contributed by atoms with E-state index in [0.717, 1.165) is 16.7 Å². The van der Waals surface area contributed by atoms with Crippen LogP contribution in [0.3, 0.4) is 0 Å². The van der Waals surface area contributed by atoms with E-state index in [-0.39, 0.29) is 5.75 Å². The van der Waals surface area contributed by atoms with Gasteiger partial charge in [-0.05, 0) is 47.9 Å². The first-order valence-corrected chi connectivity index (χ1v) is 5.58. The molecule has 2 rings (SSSR count). The highest BCUT2D eigenvalue weighted by atomic mass is 35.5. The van der Waals surface area contributed by atoms with Crippen molar-refractivity contribution in [3.63, 3.8) is 0 Å². The second-order valence-electron chi connectivity index (χ2n) is 3.66. The average Bonchev–Trinajstić information content (AvgIpc) is 2.20. The summed E-state index contributed by atoms with van der Waals surface area (Å²) < 4.78 is 0. The monoisotopic (exact) mass is 252 g/mol. The summed E-state index contributed by atoms with van der Waals surface area (Å²) in [5, 5.41) is 10.7. The van der Waals surface area contributed by atoms with Crippen LogP contribution in [0.2, 0.25) is 10.0 Å². The molecule has 0 aliphatic heterocycles. The fourth-order valence-corrected chi connectivity index (χ4v) is 1.92. The molecule has 0 fully saturated rings. The normalized spacial score (nSPS) is 10.4. The third-order valence-corrected chi connectivity index (χ3v) is 3.01. The molecule has 0 atom stereocenters. The van der Waals surface area contributed by atoms with Gasteiger partial charge in [-0.2, -0.15) is 0 Å². The maximum Gasteiger partial charge on any atom is 0.117 e. The first-order valence-electron chi connectivity index (χ1n) is 4.82. The molecule has 1 nitrogen and oxygen atoms in total. The fraction of sp³-hybridized carbons (Fsp3) is 0.0769. The molecule has 3 heteroatoms. The van der Waals surface area contributed by atoms with Gasteiger partial charge < -0.3 is 5.11 Å². The highest BCUT2D eigenvalue weighted by molar-refractivity contribution is 6.32. The molecule has 1 N–H and O–H groups in total. The van der Waals surface area contributed by atoms with Gasteiger partial charge in [0.2, 0.25) is 0 Å². The van der Waals surface area contributed by atoms with Crippen molar-refractivity contribution in [2.75, 3.05) is 0 Å². The Hall–Kier alpha value is -1.18. The lowest BCUT2D eigenvalue weighted by molar-refractivity contribution is 0.475. The molecule has 16 heavy (non-hydrogen) atoms. The maximum absolute atomic E-state index is 9.46. The van der Waals surface area contributed by atoms with Gasteiger partial charge in [-0.1, -0.05) is 35.3 Å². The lowest BCUT2D eigenvalue weighted by atomic mass is 10.0. The van der Waals surface area contributed by atoms with Crippen molar-refractivity contribution >= 4 is 23.2 Å². The van der Waals surface area contributed by atoms with Crippen molar-refractivity contribution in [3.8, 4) is 16.9 Å². The Kier molecular flexibility index (Phi) is 3.08. The lowest BCUT2D eigenvalue weighted by Crippen LogP contribution is -1.81. The molecule has 2 aromatic rings. The molecule has 0 bridgehead atoms. The Bertz CT molecular complexity index is 515. The summed E-state index contributed by atoms with van der Waals surface area (Å²) in [6.45, 7) is 1.95. The number of phenolic OH excluding ortho intramolecular Hbond substituents is 1. The van der Waals surface area contributed by atoms with E-state index in [2.05, 4.69) is 0 Å². The van der Waals surface area contributed by atoms with Crippen LogP contribution in [0.15, 0.2) is 36.4 Å². The largest absolute Gasteiger partial charge is 0.508 e. The summed E-state index contributed by atoms with van der Waals surface area (Å²) in [7, 11) is 0. The van der Waals surface area contributed by atoms with Gasteiger partial charge in [0.05, 0.1) is 0 Å². The molecule has 2 aromatic carbocycles. The minimum Gasteiger partial charge on any atom is -0.508 e. The fourth-order valence-electron chi connectivity index (χ4n) is 1.51. The van der Waals surface area contributed by atoms with Crippen LogP contribution in [0.4, 0.5) is 0 Å². The Labute approximate surface area is 104 Å². The first-order chi connectivity index (χ1) is 7.56. The number of hydrogen-bond acceptors (Lipinski definition) is 1. The maximum atomic E-state index is 9.46. The number of aryl methyl sites for hydroxylation is 1. The average molecular weight is 253 g/mol. The van der Waals surface area contributed by atoms with Crippen LogP contribution in [0.1, 0.15) is 5.56 Å². The van der Waals surface area contributed by atoms with E-state index in [4.69, 9.17) is 23.2 Å². The molecular formula is C13H10Cl2O. The highest BCUT2D eigenvalue weighted by Gasteiger charge is 2.03. The highest BCUT2D eigenvalue weighted by Crippen LogP contribution is 2.30. The molecule has 0 saturated carbocycles. The number of aromatic hydroxyl groups is 1. The summed E-state index contributed by atoms with van der Waals surface area (Å²) in [4.78, 5) is 0. The van der Waals surface area contributed by atoms with Crippen molar-refractivity contribution in [1.82, 2.24) is 0 Å². The Balaban J connectivity index is 2.54. The van der Waals surface area contributed by atoms with E-state index < -0.39 is 0 Å². The van der Waals surface area contributed by atoms with E-state index in [0.29, 0.717) is 10.0 Å². The van der Waals surface area contributed by atoms with Gasteiger partial charge in [-0.15, -0.1) is 0 Å². The van der Waals surface area contributed by atoms with E-state index in [1.165, 1.54) is 6.07 Å². The number of benzene rings is 2. The van der Waals surface area contributed by atoms with Crippen LogP contribution in [0, 0.1) is 6.92 Å². The Morgan fingerprint density at radius 3 is 2.31 bits per heavy atom. The van der Waals surface area contributed by atoms with Crippen molar-refractivity contribution in [1.29, 1.82) is 0 Å². The van der Waals surface area contributed by atoms with E-state index >= 15 is 0 Å². The first kappa shape index (κ1) is 11.3. The molecule has 0 radical (unpaired) electrons. The van der Waals surface area contributed by atoms with Gasteiger partial charge in [0.15, 0.2) is 0 Å². The summed E-state index contributed by atoms with van der Waals surface area (Å²) in [5.41, 5.74) is 2.82. The van der Waals surface area contributed by atoms with Crippen molar-refractivity contribution in [2.45, 2.75) is 6.92 Å². The van der Waals surface area contributed by atoms with Gasteiger partial charge in [0.25, 0.3) is 0 Å². The molecule has 0 saturated heterocycles. The van der Waals surface area contributed by atoms with Crippen LogP contribution < -0.4 is 0 Å². The van der Waals surface area contributed by atoms with Crippen molar-refractivity contribution in [3.05, 3.63) is 52.0 Å². The van der Waals surface area contributed by atoms with Gasteiger partial charge in [-0.3, -0.25) is 0 Å². The number of hydrogen-bond donors (Lipinski definition) is 1. The van der Waals surface area contributed by atoms with Crippen molar-refractivity contribution in [2.24, 2.45) is 0 Å². The summed E-state index contributed by atoms with van der Waals surface area (Å²) in [5.74, 6) is 0.152. The summed E-state index contributed by atoms with van der Waals surface area (Å²) >= 11 is 11.9. The molecular weight excluding hydrogens is 243 g/mol. The van der Waals surface area contributed by atoms with E-state index in [9.17, 15) is 5.11 Å². The Morgan fingerprint density at radius 2 is 1.69 bits per heavy atom. The van der Waals surface area contributed by atoms with Crippen molar-refractivity contribution < 1.29 is 5.11 Å². The molecule has 0 aliphatic rings.